The smallest absolute Gasteiger partial charge is 0.119 e. The molecule has 0 aromatic heterocycles. The minimum Gasteiger partial charge on any atom is -0.497 e. The van der Waals surface area contributed by atoms with Crippen molar-refractivity contribution < 1.29 is 9.47 Å². The van der Waals surface area contributed by atoms with Crippen molar-refractivity contribution in [2.45, 2.75) is 0 Å². The fourth-order valence-electron chi connectivity index (χ4n) is 2.02. The van der Waals surface area contributed by atoms with Crippen molar-refractivity contribution in [2.75, 3.05) is 27.3 Å². The molecule has 24 heavy (non-hydrogen) atoms. The number of rotatable bonds is 8. The van der Waals surface area contributed by atoms with Gasteiger partial charge < -0.3 is 14.9 Å². The largest absolute Gasteiger partial charge is 0.497 e. The van der Waals surface area contributed by atoms with Gasteiger partial charge in [0.15, 0.2) is 0 Å². The summed E-state index contributed by atoms with van der Waals surface area (Å²) >= 11 is 0. The predicted molar refractivity (Wildman–Crippen MR) is 98.6 cm³/mol. The Bertz CT molecular complexity index is 677. The first-order chi connectivity index (χ1) is 11.7. The number of hydrogen-bond donors (Lipinski definition) is 1. The van der Waals surface area contributed by atoms with Crippen molar-refractivity contribution >= 4 is 18.1 Å². The maximum atomic E-state index is 7.90. The lowest BCUT2D eigenvalue weighted by Crippen LogP contribution is -2.06. The first-order valence-corrected chi connectivity index (χ1v) is 7.55. The van der Waals surface area contributed by atoms with Crippen LogP contribution in [0.25, 0.3) is 0 Å². The van der Waals surface area contributed by atoms with Gasteiger partial charge in [0.2, 0.25) is 0 Å². The van der Waals surface area contributed by atoms with E-state index in [9.17, 15) is 0 Å². The standard InChI is InChI=1S/C19H21N3O2/c1-23-18-7-3-5-15(9-18)11-21-13-17(20)14-22-12-16-6-4-8-19(10-16)24-2/h3-12,20H,13-14H2,1-2H3. The molecule has 0 aliphatic rings. The molecule has 0 heterocycles. The zero-order chi connectivity index (χ0) is 17.2. The summed E-state index contributed by atoms with van der Waals surface area (Å²) in [6.07, 6.45) is 3.48. The van der Waals surface area contributed by atoms with Gasteiger partial charge in [-0.1, -0.05) is 24.3 Å². The van der Waals surface area contributed by atoms with Gasteiger partial charge >= 0.3 is 0 Å². The van der Waals surface area contributed by atoms with Gasteiger partial charge in [0.25, 0.3) is 0 Å². The summed E-state index contributed by atoms with van der Waals surface area (Å²) in [5.74, 6) is 1.58. The van der Waals surface area contributed by atoms with Crippen LogP contribution < -0.4 is 9.47 Å². The number of ether oxygens (including phenoxy) is 2. The Balaban J connectivity index is 1.82. The average molecular weight is 323 g/mol. The van der Waals surface area contributed by atoms with Gasteiger partial charge in [-0.3, -0.25) is 9.98 Å². The van der Waals surface area contributed by atoms with E-state index in [0.29, 0.717) is 18.8 Å². The SMILES string of the molecule is COc1cccc(C=NCC(=N)CN=Cc2cccc(OC)c2)c1. The van der Waals surface area contributed by atoms with Crippen molar-refractivity contribution in [3.8, 4) is 11.5 Å². The van der Waals surface area contributed by atoms with E-state index in [-0.39, 0.29) is 0 Å². The van der Waals surface area contributed by atoms with E-state index < -0.39 is 0 Å². The van der Waals surface area contributed by atoms with E-state index >= 15 is 0 Å². The molecule has 5 nitrogen and oxygen atoms in total. The van der Waals surface area contributed by atoms with Gasteiger partial charge in [0.05, 0.1) is 33.0 Å². The fourth-order valence-corrected chi connectivity index (χ4v) is 2.02. The minimum atomic E-state index is 0.326. The Labute approximate surface area is 142 Å². The second-order valence-electron chi connectivity index (χ2n) is 5.10. The number of aliphatic imine (C=N–C) groups is 2. The van der Waals surface area contributed by atoms with E-state index in [4.69, 9.17) is 14.9 Å². The third-order valence-corrected chi connectivity index (χ3v) is 3.23. The predicted octanol–water partition coefficient (Wildman–Crippen LogP) is 3.26. The molecule has 0 unspecified atom stereocenters. The van der Waals surface area contributed by atoms with Crippen molar-refractivity contribution in [3.05, 3.63) is 59.7 Å². The van der Waals surface area contributed by atoms with E-state index in [1.165, 1.54) is 0 Å². The van der Waals surface area contributed by atoms with Gasteiger partial charge in [-0.15, -0.1) is 0 Å². The Morgan fingerprint density at radius 2 is 1.33 bits per heavy atom. The molecular weight excluding hydrogens is 302 g/mol. The maximum absolute atomic E-state index is 7.90. The highest BCUT2D eigenvalue weighted by Gasteiger charge is 1.96. The monoisotopic (exact) mass is 323 g/mol. The lowest BCUT2D eigenvalue weighted by Gasteiger charge is -2.00. The van der Waals surface area contributed by atoms with Gasteiger partial charge in [-0.25, -0.2) is 0 Å². The van der Waals surface area contributed by atoms with Crippen molar-refractivity contribution in [2.24, 2.45) is 9.98 Å². The van der Waals surface area contributed by atoms with Crippen LogP contribution in [0, 0.1) is 5.41 Å². The van der Waals surface area contributed by atoms with Crippen molar-refractivity contribution in [1.82, 2.24) is 0 Å². The van der Waals surface area contributed by atoms with Crippen LogP contribution >= 0.6 is 0 Å². The van der Waals surface area contributed by atoms with Gasteiger partial charge in [-0.05, 0) is 35.4 Å². The normalized spacial score (nSPS) is 11.1. The van der Waals surface area contributed by atoms with Gasteiger partial charge in [-0.2, -0.15) is 0 Å². The summed E-state index contributed by atoms with van der Waals surface area (Å²) in [6, 6.07) is 15.3. The zero-order valence-electron chi connectivity index (χ0n) is 13.9. The molecule has 0 saturated heterocycles. The highest BCUT2D eigenvalue weighted by atomic mass is 16.5. The molecule has 0 aliphatic heterocycles. The molecule has 5 heteroatoms. The molecule has 2 aromatic rings. The van der Waals surface area contributed by atoms with Crippen LogP contribution in [0.2, 0.25) is 0 Å². The Hall–Kier alpha value is -2.95. The number of hydrogen-bond acceptors (Lipinski definition) is 5. The first-order valence-electron chi connectivity index (χ1n) is 7.55. The summed E-state index contributed by atoms with van der Waals surface area (Å²) in [5, 5.41) is 7.90. The number of methoxy groups -OCH3 is 2. The average Bonchev–Trinajstić information content (AvgIpc) is 2.62. The molecule has 0 radical (unpaired) electrons. The van der Waals surface area contributed by atoms with E-state index in [1.807, 2.05) is 48.5 Å². The number of nitrogens with one attached hydrogen (secondary N) is 1. The number of benzene rings is 2. The molecule has 0 amide bonds. The molecule has 0 atom stereocenters. The molecule has 0 spiro atoms. The van der Waals surface area contributed by atoms with Crippen LogP contribution in [-0.4, -0.2) is 45.4 Å². The van der Waals surface area contributed by atoms with E-state index in [1.54, 1.807) is 26.6 Å². The molecule has 0 aliphatic carbocycles. The molecule has 0 bridgehead atoms. The van der Waals surface area contributed by atoms with E-state index in [2.05, 4.69) is 9.98 Å². The van der Waals surface area contributed by atoms with Crippen molar-refractivity contribution in [1.29, 1.82) is 5.41 Å². The topological polar surface area (TPSA) is 67.0 Å². The molecular formula is C19H21N3O2. The summed E-state index contributed by atoms with van der Waals surface area (Å²) < 4.78 is 10.3. The quantitative estimate of drug-likeness (QED) is 0.758. The van der Waals surface area contributed by atoms with Crippen LogP contribution in [0.4, 0.5) is 0 Å². The fraction of sp³-hybridized carbons (Fsp3) is 0.211. The maximum Gasteiger partial charge on any atom is 0.119 e. The summed E-state index contributed by atoms with van der Waals surface area (Å²) in [4.78, 5) is 8.54. The minimum absolute atomic E-state index is 0.326. The van der Waals surface area contributed by atoms with E-state index in [0.717, 1.165) is 22.6 Å². The van der Waals surface area contributed by atoms with Gasteiger partial charge in [0, 0.05) is 12.4 Å². The van der Waals surface area contributed by atoms with Crippen molar-refractivity contribution in [3.63, 3.8) is 0 Å². The highest BCUT2D eigenvalue weighted by Crippen LogP contribution is 2.11. The second-order valence-corrected chi connectivity index (χ2v) is 5.10. The first kappa shape index (κ1) is 17.4. The zero-order valence-corrected chi connectivity index (χ0v) is 13.9. The van der Waals surface area contributed by atoms with Gasteiger partial charge in [0.1, 0.15) is 11.5 Å². The summed E-state index contributed by atoms with van der Waals surface area (Å²) in [6.45, 7) is 0.652. The third kappa shape index (κ3) is 5.68. The Morgan fingerprint density at radius 1 is 0.875 bits per heavy atom. The third-order valence-electron chi connectivity index (χ3n) is 3.23. The molecule has 2 aromatic carbocycles. The Morgan fingerprint density at radius 3 is 1.75 bits per heavy atom. The van der Waals surface area contributed by atoms with Crippen LogP contribution in [-0.2, 0) is 0 Å². The molecule has 124 valence electrons. The lowest BCUT2D eigenvalue weighted by atomic mass is 10.2. The second kappa shape index (κ2) is 9.25. The highest BCUT2D eigenvalue weighted by molar-refractivity contribution is 5.90. The summed E-state index contributed by atoms with van der Waals surface area (Å²) in [7, 11) is 3.26. The molecule has 0 fully saturated rings. The molecule has 2 rings (SSSR count). The van der Waals surface area contributed by atoms with Crippen LogP contribution in [0.1, 0.15) is 11.1 Å². The molecule has 0 saturated carbocycles. The summed E-state index contributed by atoms with van der Waals surface area (Å²) in [5.41, 5.74) is 2.34. The van der Waals surface area contributed by atoms with Crippen LogP contribution in [0.15, 0.2) is 58.5 Å². The lowest BCUT2D eigenvalue weighted by molar-refractivity contribution is 0.414. The van der Waals surface area contributed by atoms with Crippen LogP contribution in [0.3, 0.4) is 0 Å². The molecule has 1 N–H and O–H groups in total. The van der Waals surface area contributed by atoms with Crippen LogP contribution in [0.5, 0.6) is 11.5 Å². The Kier molecular flexibility index (Phi) is 6.71. The number of nitrogens with zero attached hydrogens (tertiary/aromatic N) is 2.